The van der Waals surface area contributed by atoms with Gasteiger partial charge in [-0.15, -0.1) is 0 Å². The van der Waals surface area contributed by atoms with Crippen molar-refractivity contribution in [3.05, 3.63) is 27.7 Å². The van der Waals surface area contributed by atoms with Gasteiger partial charge in [0.2, 0.25) is 5.91 Å². The Morgan fingerprint density at radius 3 is 2.86 bits per heavy atom. The molecule has 1 heterocycles. The summed E-state index contributed by atoms with van der Waals surface area (Å²) in [6.45, 7) is 1.66. The molecule has 0 bridgehead atoms. The lowest BCUT2D eigenvalue weighted by Gasteiger charge is -2.26. The molecule has 3 rings (SSSR count). The Labute approximate surface area is 133 Å². The Hall–Kier alpha value is -1.07. The van der Waals surface area contributed by atoms with Gasteiger partial charge < -0.3 is 15.8 Å². The second kappa shape index (κ2) is 5.97. The van der Waals surface area contributed by atoms with Crippen molar-refractivity contribution < 1.29 is 9.53 Å². The lowest BCUT2D eigenvalue weighted by atomic mass is 9.85. The van der Waals surface area contributed by atoms with E-state index in [1.165, 1.54) is 5.56 Å². The van der Waals surface area contributed by atoms with E-state index in [0.29, 0.717) is 13.1 Å². The van der Waals surface area contributed by atoms with Crippen LogP contribution in [-0.2, 0) is 17.8 Å². The molecule has 0 aromatic heterocycles. The van der Waals surface area contributed by atoms with Crippen LogP contribution in [0.3, 0.4) is 0 Å². The van der Waals surface area contributed by atoms with Crippen LogP contribution in [0.5, 0.6) is 5.75 Å². The monoisotopic (exact) mass is 352 g/mol. The maximum Gasteiger partial charge on any atom is 0.227 e. The molecule has 1 amide bonds. The van der Waals surface area contributed by atoms with E-state index < -0.39 is 0 Å². The number of carbonyl (C=O) groups is 1. The van der Waals surface area contributed by atoms with Gasteiger partial charge in [0.05, 0.1) is 12.0 Å². The minimum Gasteiger partial charge on any atom is -0.493 e. The molecule has 1 aliphatic carbocycles. The van der Waals surface area contributed by atoms with E-state index >= 15 is 0 Å². The first kappa shape index (κ1) is 14.9. The van der Waals surface area contributed by atoms with Crippen molar-refractivity contribution in [1.29, 1.82) is 0 Å². The highest BCUT2D eigenvalue weighted by Crippen LogP contribution is 2.38. The van der Waals surface area contributed by atoms with E-state index in [9.17, 15) is 4.79 Å². The molecule has 4 nitrogen and oxygen atoms in total. The molecule has 0 saturated heterocycles. The maximum absolute atomic E-state index is 12.5. The zero-order chi connectivity index (χ0) is 14.9. The Balaban J connectivity index is 1.72. The number of ether oxygens (including phenoxy) is 1. The standard InChI is InChI=1S/C16H21BrN2O2/c17-13-7-11-3-6-21-14(11)12(8-13)9-19-15(20)16(10-18)4-1-2-5-16/h7-8H,1-6,9-10,18H2,(H,19,20). The van der Waals surface area contributed by atoms with Crippen LogP contribution >= 0.6 is 15.9 Å². The summed E-state index contributed by atoms with van der Waals surface area (Å²) < 4.78 is 6.73. The highest BCUT2D eigenvalue weighted by molar-refractivity contribution is 9.10. The molecular formula is C16H21BrN2O2. The SMILES string of the molecule is NCC1(C(=O)NCc2cc(Br)cc3c2OCC3)CCCC1. The predicted octanol–water partition coefficient (Wildman–Crippen LogP) is 2.52. The van der Waals surface area contributed by atoms with Gasteiger partial charge >= 0.3 is 0 Å². The fourth-order valence-corrected chi connectivity index (χ4v) is 3.97. The molecule has 1 aromatic rings. The van der Waals surface area contributed by atoms with Gasteiger partial charge in [-0.2, -0.15) is 0 Å². The molecule has 21 heavy (non-hydrogen) atoms. The number of benzene rings is 1. The normalized spacial score (nSPS) is 19.1. The number of hydrogen-bond donors (Lipinski definition) is 2. The molecule has 0 unspecified atom stereocenters. The molecule has 1 fully saturated rings. The van der Waals surface area contributed by atoms with Crippen molar-refractivity contribution in [2.45, 2.75) is 38.6 Å². The van der Waals surface area contributed by atoms with Gasteiger partial charge in [0, 0.05) is 29.5 Å². The second-order valence-corrected chi connectivity index (χ2v) is 6.94. The second-order valence-electron chi connectivity index (χ2n) is 6.03. The fourth-order valence-electron chi connectivity index (χ4n) is 3.42. The number of fused-ring (bicyclic) bond motifs is 1. The highest BCUT2D eigenvalue weighted by atomic mass is 79.9. The maximum atomic E-state index is 12.5. The van der Waals surface area contributed by atoms with Crippen molar-refractivity contribution in [2.24, 2.45) is 11.1 Å². The molecule has 0 atom stereocenters. The average Bonchev–Trinajstić information content (AvgIpc) is 3.13. The van der Waals surface area contributed by atoms with Crippen molar-refractivity contribution >= 4 is 21.8 Å². The van der Waals surface area contributed by atoms with Crippen LogP contribution in [-0.4, -0.2) is 19.1 Å². The number of halogens is 1. The van der Waals surface area contributed by atoms with Gasteiger partial charge in [0.15, 0.2) is 0 Å². The summed E-state index contributed by atoms with van der Waals surface area (Å²) >= 11 is 3.53. The molecule has 114 valence electrons. The molecule has 1 saturated carbocycles. The van der Waals surface area contributed by atoms with E-state index in [2.05, 4.69) is 27.3 Å². The first-order chi connectivity index (χ1) is 10.1. The summed E-state index contributed by atoms with van der Waals surface area (Å²) in [7, 11) is 0. The summed E-state index contributed by atoms with van der Waals surface area (Å²) in [5.74, 6) is 1.03. The van der Waals surface area contributed by atoms with Gasteiger partial charge in [-0.05, 0) is 30.5 Å². The van der Waals surface area contributed by atoms with Crippen LogP contribution in [0.4, 0.5) is 0 Å². The van der Waals surface area contributed by atoms with E-state index in [1.54, 1.807) is 0 Å². The molecule has 2 aliphatic rings. The van der Waals surface area contributed by atoms with E-state index in [1.807, 2.05) is 6.07 Å². The molecule has 0 radical (unpaired) electrons. The molecule has 1 aliphatic heterocycles. The average molecular weight is 353 g/mol. The minimum atomic E-state index is -0.351. The first-order valence-corrected chi connectivity index (χ1v) is 8.36. The van der Waals surface area contributed by atoms with Crippen molar-refractivity contribution in [3.8, 4) is 5.75 Å². The Kier molecular flexibility index (Phi) is 4.22. The van der Waals surface area contributed by atoms with Gasteiger partial charge in [-0.25, -0.2) is 0 Å². The Bertz CT molecular complexity index is 553. The smallest absolute Gasteiger partial charge is 0.227 e. The van der Waals surface area contributed by atoms with Gasteiger partial charge in [-0.1, -0.05) is 28.8 Å². The van der Waals surface area contributed by atoms with Crippen LogP contribution in [0.25, 0.3) is 0 Å². The van der Waals surface area contributed by atoms with E-state index in [0.717, 1.165) is 54.5 Å². The van der Waals surface area contributed by atoms with Crippen LogP contribution in [0.2, 0.25) is 0 Å². The van der Waals surface area contributed by atoms with Crippen LogP contribution in [0.15, 0.2) is 16.6 Å². The van der Waals surface area contributed by atoms with E-state index in [-0.39, 0.29) is 11.3 Å². The summed E-state index contributed by atoms with van der Waals surface area (Å²) in [6.07, 6.45) is 4.94. The highest BCUT2D eigenvalue weighted by Gasteiger charge is 2.39. The minimum absolute atomic E-state index is 0.0919. The molecular weight excluding hydrogens is 332 g/mol. The number of nitrogens with two attached hydrogens (primary N) is 1. The molecule has 3 N–H and O–H groups in total. The number of carbonyl (C=O) groups excluding carboxylic acids is 1. The molecule has 0 spiro atoms. The van der Waals surface area contributed by atoms with Crippen LogP contribution < -0.4 is 15.8 Å². The van der Waals surface area contributed by atoms with Crippen molar-refractivity contribution in [2.75, 3.05) is 13.2 Å². The predicted molar refractivity (Wildman–Crippen MR) is 85.1 cm³/mol. The third-order valence-electron chi connectivity index (χ3n) is 4.70. The number of amides is 1. The lowest BCUT2D eigenvalue weighted by Crippen LogP contribution is -2.43. The number of rotatable bonds is 4. The van der Waals surface area contributed by atoms with Gasteiger partial charge in [0.1, 0.15) is 5.75 Å². The van der Waals surface area contributed by atoms with E-state index in [4.69, 9.17) is 10.5 Å². The fraction of sp³-hybridized carbons (Fsp3) is 0.562. The number of hydrogen-bond acceptors (Lipinski definition) is 3. The number of nitrogens with one attached hydrogen (secondary N) is 1. The van der Waals surface area contributed by atoms with Crippen LogP contribution in [0.1, 0.15) is 36.8 Å². The quantitative estimate of drug-likeness (QED) is 0.874. The third kappa shape index (κ3) is 2.81. The van der Waals surface area contributed by atoms with Gasteiger partial charge in [0.25, 0.3) is 0 Å². The molecule has 5 heteroatoms. The zero-order valence-corrected chi connectivity index (χ0v) is 13.7. The lowest BCUT2D eigenvalue weighted by molar-refractivity contribution is -0.130. The largest absolute Gasteiger partial charge is 0.493 e. The molecule has 1 aromatic carbocycles. The summed E-state index contributed by atoms with van der Waals surface area (Å²) in [6, 6.07) is 4.11. The van der Waals surface area contributed by atoms with Gasteiger partial charge in [-0.3, -0.25) is 4.79 Å². The summed E-state index contributed by atoms with van der Waals surface area (Å²) in [5, 5.41) is 3.07. The summed E-state index contributed by atoms with van der Waals surface area (Å²) in [4.78, 5) is 12.5. The summed E-state index contributed by atoms with van der Waals surface area (Å²) in [5.41, 5.74) is 7.76. The third-order valence-corrected chi connectivity index (χ3v) is 5.16. The topological polar surface area (TPSA) is 64.4 Å². The van der Waals surface area contributed by atoms with Crippen molar-refractivity contribution in [1.82, 2.24) is 5.32 Å². The van der Waals surface area contributed by atoms with Crippen LogP contribution in [0, 0.1) is 5.41 Å². The zero-order valence-electron chi connectivity index (χ0n) is 12.1. The Morgan fingerprint density at radius 1 is 1.38 bits per heavy atom. The Morgan fingerprint density at radius 2 is 2.14 bits per heavy atom. The first-order valence-electron chi connectivity index (χ1n) is 7.57. The van der Waals surface area contributed by atoms with Crippen molar-refractivity contribution in [3.63, 3.8) is 0 Å².